The number of amides is 1. The number of carbonyl (C=O) groups excluding carboxylic acids is 1. The lowest BCUT2D eigenvalue weighted by molar-refractivity contribution is 0.0965. The summed E-state index contributed by atoms with van der Waals surface area (Å²) in [5.41, 5.74) is 7.07. The number of carbonyl (C=O) groups is 1. The van der Waals surface area contributed by atoms with E-state index in [9.17, 15) is 4.79 Å². The van der Waals surface area contributed by atoms with Crippen LogP contribution in [0.3, 0.4) is 0 Å². The van der Waals surface area contributed by atoms with Gasteiger partial charge in [0.1, 0.15) is 15.6 Å². The Morgan fingerprint density at radius 1 is 1.56 bits per heavy atom. The van der Waals surface area contributed by atoms with Gasteiger partial charge in [-0.05, 0) is 18.5 Å². The third-order valence-electron chi connectivity index (χ3n) is 2.24. The lowest BCUT2D eigenvalue weighted by Crippen LogP contribution is -2.20. The third kappa shape index (κ3) is 2.59. The zero-order chi connectivity index (χ0) is 13.1. The van der Waals surface area contributed by atoms with E-state index in [2.05, 4.69) is 20.0 Å². The van der Waals surface area contributed by atoms with E-state index in [0.29, 0.717) is 17.1 Å². The fraction of sp³-hybridized carbons (Fsp3) is 0.300. The summed E-state index contributed by atoms with van der Waals surface area (Å²) >= 11 is 2.75. The van der Waals surface area contributed by atoms with Gasteiger partial charge in [-0.3, -0.25) is 4.79 Å². The Kier molecular flexibility index (Phi) is 3.78. The molecule has 2 aromatic heterocycles. The maximum Gasteiger partial charge on any atom is 0.257 e. The van der Waals surface area contributed by atoms with Crippen LogP contribution in [0.5, 0.6) is 0 Å². The minimum absolute atomic E-state index is 0.237. The highest BCUT2D eigenvalue weighted by Gasteiger charge is 2.18. The number of hydrogen-bond acceptors (Lipinski definition) is 7. The minimum Gasteiger partial charge on any atom is -0.382 e. The van der Waals surface area contributed by atoms with Crippen LogP contribution in [0.4, 0.5) is 10.8 Å². The SMILES string of the molecule is CNC(=O)c1c(N)nsc1NCc1nc(C)cs1. The van der Waals surface area contributed by atoms with E-state index >= 15 is 0 Å². The molecule has 2 rings (SSSR count). The molecule has 2 heterocycles. The Labute approximate surface area is 112 Å². The lowest BCUT2D eigenvalue weighted by atomic mass is 10.3. The van der Waals surface area contributed by atoms with Gasteiger partial charge in [0.25, 0.3) is 5.91 Å². The predicted octanol–water partition coefficient (Wildman–Crippen LogP) is 1.46. The highest BCUT2D eigenvalue weighted by molar-refractivity contribution is 7.11. The largest absolute Gasteiger partial charge is 0.382 e. The van der Waals surface area contributed by atoms with Crippen LogP contribution in [0.25, 0.3) is 0 Å². The van der Waals surface area contributed by atoms with E-state index < -0.39 is 0 Å². The fourth-order valence-corrected chi connectivity index (χ4v) is 2.82. The molecule has 0 spiro atoms. The maximum absolute atomic E-state index is 11.7. The summed E-state index contributed by atoms with van der Waals surface area (Å²) in [4.78, 5) is 16.0. The highest BCUT2D eigenvalue weighted by Crippen LogP contribution is 2.27. The number of nitrogen functional groups attached to an aromatic ring is 1. The third-order valence-corrected chi connectivity index (χ3v) is 4.03. The molecule has 8 heteroatoms. The van der Waals surface area contributed by atoms with E-state index in [-0.39, 0.29) is 11.7 Å². The number of aromatic nitrogens is 2. The number of rotatable bonds is 4. The van der Waals surface area contributed by atoms with Crippen LogP contribution < -0.4 is 16.4 Å². The molecule has 4 N–H and O–H groups in total. The van der Waals surface area contributed by atoms with Crippen LogP contribution in [0.15, 0.2) is 5.38 Å². The first-order chi connectivity index (χ1) is 8.61. The monoisotopic (exact) mass is 283 g/mol. The van der Waals surface area contributed by atoms with Crippen LogP contribution in [-0.2, 0) is 6.54 Å². The van der Waals surface area contributed by atoms with E-state index in [1.165, 1.54) is 11.5 Å². The second-order valence-corrected chi connectivity index (χ2v) is 5.30. The average molecular weight is 283 g/mol. The van der Waals surface area contributed by atoms with Gasteiger partial charge < -0.3 is 16.4 Å². The van der Waals surface area contributed by atoms with Crippen molar-refractivity contribution >= 4 is 39.6 Å². The molecule has 0 aromatic carbocycles. The number of nitrogens with two attached hydrogens (primary N) is 1. The molecular weight excluding hydrogens is 270 g/mol. The first-order valence-electron chi connectivity index (χ1n) is 5.24. The van der Waals surface area contributed by atoms with E-state index in [1.54, 1.807) is 18.4 Å². The summed E-state index contributed by atoms with van der Waals surface area (Å²) in [5.74, 6) is 0.0104. The van der Waals surface area contributed by atoms with Crippen LogP contribution in [0, 0.1) is 6.92 Å². The molecule has 0 fully saturated rings. The quantitative estimate of drug-likeness (QED) is 0.790. The first-order valence-corrected chi connectivity index (χ1v) is 6.89. The smallest absolute Gasteiger partial charge is 0.257 e. The summed E-state index contributed by atoms with van der Waals surface area (Å²) < 4.78 is 3.98. The van der Waals surface area contributed by atoms with Crippen molar-refractivity contribution < 1.29 is 4.79 Å². The van der Waals surface area contributed by atoms with Gasteiger partial charge in [-0.15, -0.1) is 11.3 Å². The van der Waals surface area contributed by atoms with Gasteiger partial charge in [-0.25, -0.2) is 4.98 Å². The molecular formula is C10H13N5OS2. The Hall–Kier alpha value is -1.67. The topological polar surface area (TPSA) is 92.9 Å². The van der Waals surface area contributed by atoms with E-state index in [1.807, 2.05) is 12.3 Å². The zero-order valence-electron chi connectivity index (χ0n) is 9.98. The van der Waals surface area contributed by atoms with Crippen LogP contribution in [0.2, 0.25) is 0 Å². The van der Waals surface area contributed by atoms with Crippen molar-refractivity contribution in [3.05, 3.63) is 21.6 Å². The average Bonchev–Trinajstić information content (AvgIpc) is 2.92. The zero-order valence-corrected chi connectivity index (χ0v) is 11.6. The highest BCUT2D eigenvalue weighted by atomic mass is 32.1. The standard InChI is InChI=1S/C10H13N5OS2/c1-5-4-17-6(14-5)3-13-10-7(9(16)12-2)8(11)15-18-10/h4,13H,3H2,1-2H3,(H2,11,15)(H,12,16). The molecule has 0 atom stereocenters. The molecule has 96 valence electrons. The van der Waals surface area contributed by atoms with Crippen molar-refractivity contribution in [3.63, 3.8) is 0 Å². The molecule has 0 aliphatic rings. The van der Waals surface area contributed by atoms with Crippen molar-refractivity contribution in [2.24, 2.45) is 0 Å². The number of nitrogens with one attached hydrogen (secondary N) is 2. The normalized spacial score (nSPS) is 10.3. The Balaban J connectivity index is 2.12. The predicted molar refractivity (Wildman–Crippen MR) is 74.1 cm³/mol. The fourth-order valence-electron chi connectivity index (χ4n) is 1.41. The van der Waals surface area contributed by atoms with Gasteiger partial charge in [-0.2, -0.15) is 4.37 Å². The molecule has 0 saturated carbocycles. The lowest BCUT2D eigenvalue weighted by Gasteiger charge is -2.04. The Morgan fingerprint density at radius 2 is 2.33 bits per heavy atom. The second-order valence-electron chi connectivity index (χ2n) is 3.59. The number of hydrogen-bond donors (Lipinski definition) is 3. The first kappa shape index (κ1) is 12.8. The van der Waals surface area contributed by atoms with Gasteiger partial charge in [0, 0.05) is 18.1 Å². The summed E-state index contributed by atoms with van der Waals surface area (Å²) in [7, 11) is 1.56. The summed E-state index contributed by atoms with van der Waals surface area (Å²) in [6, 6.07) is 0. The second kappa shape index (κ2) is 5.32. The summed E-state index contributed by atoms with van der Waals surface area (Å²) in [6.45, 7) is 2.50. The summed E-state index contributed by atoms with van der Waals surface area (Å²) in [6.07, 6.45) is 0. The maximum atomic E-state index is 11.7. The van der Waals surface area contributed by atoms with Crippen LogP contribution >= 0.6 is 22.9 Å². The van der Waals surface area contributed by atoms with Crippen LogP contribution in [0.1, 0.15) is 21.1 Å². The van der Waals surface area contributed by atoms with Crippen molar-refractivity contribution in [1.29, 1.82) is 0 Å². The van der Waals surface area contributed by atoms with Gasteiger partial charge in [0.2, 0.25) is 0 Å². The number of anilines is 2. The molecule has 0 bridgehead atoms. The molecule has 6 nitrogen and oxygen atoms in total. The molecule has 18 heavy (non-hydrogen) atoms. The van der Waals surface area contributed by atoms with E-state index in [0.717, 1.165) is 10.7 Å². The van der Waals surface area contributed by atoms with Crippen LogP contribution in [-0.4, -0.2) is 22.3 Å². The molecule has 0 aliphatic heterocycles. The number of thiazole rings is 1. The summed E-state index contributed by atoms with van der Waals surface area (Å²) in [5, 5.41) is 9.30. The number of aryl methyl sites for hydroxylation is 1. The molecule has 0 radical (unpaired) electrons. The van der Waals surface area contributed by atoms with Gasteiger partial charge in [0.15, 0.2) is 5.82 Å². The van der Waals surface area contributed by atoms with Crippen molar-refractivity contribution in [2.45, 2.75) is 13.5 Å². The molecule has 0 unspecified atom stereocenters. The molecule has 0 aliphatic carbocycles. The van der Waals surface area contributed by atoms with E-state index in [4.69, 9.17) is 5.73 Å². The number of nitrogens with zero attached hydrogens (tertiary/aromatic N) is 2. The Morgan fingerprint density at radius 3 is 2.94 bits per heavy atom. The van der Waals surface area contributed by atoms with Crippen molar-refractivity contribution in [2.75, 3.05) is 18.1 Å². The van der Waals surface area contributed by atoms with Gasteiger partial charge >= 0.3 is 0 Å². The van der Waals surface area contributed by atoms with Gasteiger partial charge in [0.05, 0.1) is 6.54 Å². The Bertz CT molecular complexity index is 562. The minimum atomic E-state index is -0.237. The van der Waals surface area contributed by atoms with Crippen molar-refractivity contribution in [1.82, 2.24) is 14.7 Å². The molecule has 1 amide bonds. The van der Waals surface area contributed by atoms with Crippen molar-refractivity contribution in [3.8, 4) is 0 Å². The molecule has 0 saturated heterocycles. The molecule has 2 aromatic rings. The van der Waals surface area contributed by atoms with Gasteiger partial charge in [-0.1, -0.05) is 0 Å².